The van der Waals surface area contributed by atoms with Crippen LogP contribution in [-0.4, -0.2) is 19.7 Å². The van der Waals surface area contributed by atoms with Gasteiger partial charge in [-0.25, -0.2) is 4.79 Å². The Labute approximate surface area is 165 Å². The van der Waals surface area contributed by atoms with Crippen LogP contribution in [0.3, 0.4) is 0 Å². The molecule has 0 radical (unpaired) electrons. The van der Waals surface area contributed by atoms with Crippen molar-refractivity contribution < 1.29 is 23.4 Å². The van der Waals surface area contributed by atoms with Crippen molar-refractivity contribution in [1.29, 1.82) is 0 Å². The fourth-order valence-corrected chi connectivity index (χ4v) is 3.43. The summed E-state index contributed by atoms with van der Waals surface area (Å²) in [6.07, 6.45) is 0.490. The van der Waals surface area contributed by atoms with Gasteiger partial charge in [-0.2, -0.15) is 0 Å². The van der Waals surface area contributed by atoms with E-state index in [0.717, 1.165) is 11.3 Å². The molecule has 28 heavy (non-hydrogen) atoms. The molecular formula is C21H17ClO6. The fraction of sp³-hybridized carbons (Fsp3) is 0.238. The van der Waals surface area contributed by atoms with Crippen molar-refractivity contribution in [3.8, 4) is 11.5 Å². The fourth-order valence-electron chi connectivity index (χ4n) is 3.24. The van der Waals surface area contributed by atoms with E-state index in [2.05, 4.69) is 0 Å². The maximum Gasteiger partial charge on any atom is 0.336 e. The van der Waals surface area contributed by atoms with Crippen molar-refractivity contribution in [1.82, 2.24) is 0 Å². The summed E-state index contributed by atoms with van der Waals surface area (Å²) in [6, 6.07) is 11.8. The van der Waals surface area contributed by atoms with Gasteiger partial charge in [0.1, 0.15) is 30.3 Å². The summed E-state index contributed by atoms with van der Waals surface area (Å²) < 4.78 is 21.5. The van der Waals surface area contributed by atoms with Crippen LogP contribution in [0.2, 0.25) is 5.02 Å². The van der Waals surface area contributed by atoms with Gasteiger partial charge in [0.2, 0.25) is 0 Å². The predicted molar refractivity (Wildman–Crippen MR) is 103 cm³/mol. The molecule has 1 aliphatic heterocycles. The highest BCUT2D eigenvalue weighted by Crippen LogP contribution is 2.30. The summed E-state index contributed by atoms with van der Waals surface area (Å²) in [4.78, 5) is 24.4. The zero-order chi connectivity index (χ0) is 19.7. The molecule has 0 fully saturated rings. The van der Waals surface area contributed by atoms with Crippen LogP contribution in [0, 0.1) is 5.92 Å². The number of rotatable bonds is 4. The van der Waals surface area contributed by atoms with Crippen molar-refractivity contribution in [3.05, 3.63) is 69.0 Å². The molecule has 3 aromatic rings. The zero-order valence-corrected chi connectivity index (χ0v) is 15.8. The first kappa shape index (κ1) is 18.4. The first-order valence-corrected chi connectivity index (χ1v) is 9.10. The van der Waals surface area contributed by atoms with Crippen molar-refractivity contribution in [2.75, 3.05) is 13.7 Å². The molecule has 0 unspecified atom stereocenters. The molecule has 144 valence electrons. The van der Waals surface area contributed by atoms with E-state index in [0.29, 0.717) is 33.7 Å². The second-order valence-electron chi connectivity index (χ2n) is 6.52. The molecule has 4 rings (SSSR count). The monoisotopic (exact) mass is 400 g/mol. The van der Waals surface area contributed by atoms with E-state index < -0.39 is 11.5 Å². The Morgan fingerprint density at radius 3 is 2.89 bits per heavy atom. The number of hydrogen-bond donors (Lipinski definition) is 0. The van der Waals surface area contributed by atoms with Crippen molar-refractivity contribution in [2.45, 2.75) is 13.0 Å². The molecule has 1 aromatic heterocycles. The van der Waals surface area contributed by atoms with Crippen LogP contribution in [0.25, 0.3) is 11.0 Å². The molecule has 0 spiro atoms. The van der Waals surface area contributed by atoms with Crippen LogP contribution < -0.4 is 15.1 Å². The molecule has 2 heterocycles. The van der Waals surface area contributed by atoms with Crippen LogP contribution in [0.15, 0.2) is 51.7 Å². The maximum absolute atomic E-state index is 12.5. The standard InChI is InChI=1S/C21H17ClO6/c1-25-16-3-4-17-13(8-20(23)28-19(17)9-16)10-27-21(24)14-6-12-7-15(22)2-5-18(12)26-11-14/h2-5,7-9,14H,6,10-11H2,1H3/t14-/m1/s1. The molecule has 2 aromatic carbocycles. The number of benzene rings is 2. The van der Waals surface area contributed by atoms with E-state index in [9.17, 15) is 9.59 Å². The van der Waals surface area contributed by atoms with Gasteiger partial charge in [0.25, 0.3) is 0 Å². The van der Waals surface area contributed by atoms with Crippen LogP contribution >= 0.6 is 11.6 Å². The maximum atomic E-state index is 12.5. The third-order valence-electron chi connectivity index (χ3n) is 4.67. The zero-order valence-electron chi connectivity index (χ0n) is 15.1. The van der Waals surface area contributed by atoms with E-state index >= 15 is 0 Å². The second-order valence-corrected chi connectivity index (χ2v) is 6.96. The van der Waals surface area contributed by atoms with Gasteiger partial charge in [0.15, 0.2) is 0 Å². The number of methoxy groups -OCH3 is 1. The lowest BCUT2D eigenvalue weighted by Crippen LogP contribution is -2.29. The Morgan fingerprint density at radius 1 is 1.21 bits per heavy atom. The number of carbonyl (C=O) groups excluding carboxylic acids is 1. The van der Waals surface area contributed by atoms with Gasteiger partial charge in [-0.05, 0) is 42.3 Å². The summed E-state index contributed by atoms with van der Waals surface area (Å²) in [6.45, 7) is 0.203. The molecule has 1 atom stereocenters. The number of carbonyl (C=O) groups is 1. The number of ether oxygens (including phenoxy) is 3. The SMILES string of the molecule is COc1ccc2c(COC(=O)[C@H]3COc4ccc(Cl)cc4C3)cc(=O)oc2c1. The molecule has 1 aliphatic rings. The Kier molecular flexibility index (Phi) is 4.96. The molecule has 0 saturated heterocycles. The summed E-state index contributed by atoms with van der Waals surface area (Å²) in [5.74, 6) is 0.480. The average molecular weight is 401 g/mol. The van der Waals surface area contributed by atoms with Crippen LogP contribution in [0.4, 0.5) is 0 Å². The minimum Gasteiger partial charge on any atom is -0.497 e. The Balaban J connectivity index is 1.50. The molecule has 0 amide bonds. The van der Waals surface area contributed by atoms with E-state index in [1.54, 1.807) is 36.4 Å². The number of hydrogen-bond acceptors (Lipinski definition) is 6. The lowest BCUT2D eigenvalue weighted by molar-refractivity contribution is -0.151. The Morgan fingerprint density at radius 2 is 2.07 bits per heavy atom. The number of esters is 1. The van der Waals surface area contributed by atoms with Gasteiger partial charge in [-0.15, -0.1) is 0 Å². The summed E-state index contributed by atoms with van der Waals surface area (Å²) in [7, 11) is 1.53. The number of halogens is 1. The van der Waals surface area contributed by atoms with Crippen LogP contribution in [0.5, 0.6) is 11.5 Å². The molecule has 0 N–H and O–H groups in total. The average Bonchev–Trinajstić information content (AvgIpc) is 2.70. The van der Waals surface area contributed by atoms with E-state index in [4.69, 9.17) is 30.2 Å². The smallest absolute Gasteiger partial charge is 0.336 e. The summed E-state index contributed by atoms with van der Waals surface area (Å²) >= 11 is 6.02. The van der Waals surface area contributed by atoms with Gasteiger partial charge < -0.3 is 18.6 Å². The Hall–Kier alpha value is -2.99. The Bertz CT molecular complexity index is 1100. The third kappa shape index (κ3) is 3.68. The van der Waals surface area contributed by atoms with Gasteiger partial charge in [-0.3, -0.25) is 4.79 Å². The highest BCUT2D eigenvalue weighted by Gasteiger charge is 2.27. The lowest BCUT2D eigenvalue weighted by atomic mass is 9.97. The van der Waals surface area contributed by atoms with Crippen molar-refractivity contribution in [2.24, 2.45) is 5.92 Å². The third-order valence-corrected chi connectivity index (χ3v) is 4.90. The minimum atomic E-state index is -0.517. The molecule has 0 bridgehead atoms. The summed E-state index contributed by atoms with van der Waals surface area (Å²) in [5, 5.41) is 1.28. The van der Waals surface area contributed by atoms with Crippen LogP contribution in [0.1, 0.15) is 11.1 Å². The van der Waals surface area contributed by atoms with E-state index in [1.165, 1.54) is 13.2 Å². The van der Waals surface area contributed by atoms with Gasteiger partial charge in [-0.1, -0.05) is 11.6 Å². The minimum absolute atomic E-state index is 0.0356. The van der Waals surface area contributed by atoms with Crippen molar-refractivity contribution >= 4 is 28.5 Å². The highest BCUT2D eigenvalue weighted by atomic mass is 35.5. The number of fused-ring (bicyclic) bond motifs is 2. The quantitative estimate of drug-likeness (QED) is 0.490. The lowest BCUT2D eigenvalue weighted by Gasteiger charge is -2.24. The predicted octanol–water partition coefficient (Wildman–Crippen LogP) is 3.75. The molecule has 7 heteroatoms. The van der Waals surface area contributed by atoms with Crippen LogP contribution in [-0.2, 0) is 22.6 Å². The van der Waals surface area contributed by atoms with E-state index in [1.807, 2.05) is 0 Å². The first-order chi connectivity index (χ1) is 13.5. The molecular weight excluding hydrogens is 384 g/mol. The molecule has 6 nitrogen and oxygen atoms in total. The summed E-state index contributed by atoms with van der Waals surface area (Å²) in [5.41, 5.74) is 1.31. The molecule has 0 saturated carbocycles. The van der Waals surface area contributed by atoms with Gasteiger partial charge in [0, 0.05) is 28.1 Å². The highest BCUT2D eigenvalue weighted by molar-refractivity contribution is 6.30. The first-order valence-electron chi connectivity index (χ1n) is 8.72. The topological polar surface area (TPSA) is 75.0 Å². The normalized spacial score (nSPS) is 15.6. The van der Waals surface area contributed by atoms with E-state index in [-0.39, 0.29) is 19.2 Å². The van der Waals surface area contributed by atoms with Gasteiger partial charge >= 0.3 is 11.6 Å². The largest absolute Gasteiger partial charge is 0.497 e. The molecule has 0 aliphatic carbocycles. The van der Waals surface area contributed by atoms with Crippen molar-refractivity contribution in [3.63, 3.8) is 0 Å². The second kappa shape index (κ2) is 7.56. The van der Waals surface area contributed by atoms with Gasteiger partial charge in [0.05, 0.1) is 13.0 Å².